The Morgan fingerprint density at radius 3 is 2.50 bits per heavy atom. The maximum atomic E-state index is 12.7. The zero-order chi connectivity index (χ0) is 21.1. The quantitative estimate of drug-likeness (QED) is 0.329. The third-order valence-electron chi connectivity index (χ3n) is 3.43. The Morgan fingerprint density at radius 1 is 1.29 bits per heavy atom. The van der Waals surface area contributed by atoms with E-state index in [1.165, 1.54) is 13.2 Å². The molecule has 0 unspecified atom stereocenters. The van der Waals surface area contributed by atoms with Crippen molar-refractivity contribution in [3.05, 3.63) is 57.1 Å². The van der Waals surface area contributed by atoms with Crippen LogP contribution < -0.4 is 15.6 Å². The number of alkyl halides is 3. The van der Waals surface area contributed by atoms with Crippen molar-refractivity contribution >= 4 is 28.9 Å². The van der Waals surface area contributed by atoms with Crippen molar-refractivity contribution in [2.45, 2.75) is 6.18 Å². The van der Waals surface area contributed by atoms with Gasteiger partial charge in [-0.2, -0.15) is 13.2 Å². The van der Waals surface area contributed by atoms with E-state index in [1.54, 1.807) is 0 Å². The highest BCUT2D eigenvalue weighted by molar-refractivity contribution is 6.32. The van der Waals surface area contributed by atoms with Crippen LogP contribution in [0.3, 0.4) is 0 Å². The van der Waals surface area contributed by atoms with E-state index in [0.29, 0.717) is 11.1 Å². The average Bonchev–Trinajstić information content (AvgIpc) is 2.61. The summed E-state index contributed by atoms with van der Waals surface area (Å²) in [4.78, 5) is 22.3. The molecule has 0 aliphatic carbocycles. The van der Waals surface area contributed by atoms with Gasteiger partial charge in [0.05, 0.1) is 15.5 Å². The van der Waals surface area contributed by atoms with E-state index in [9.17, 15) is 28.1 Å². The summed E-state index contributed by atoms with van der Waals surface area (Å²) >= 11 is 5.82. The number of methoxy groups -OCH3 is 1. The van der Waals surface area contributed by atoms with Gasteiger partial charge in [-0.25, -0.2) is 10.9 Å². The van der Waals surface area contributed by atoms with Gasteiger partial charge in [-0.05, 0) is 24.3 Å². The minimum absolute atomic E-state index is 0.0390. The number of nitro groups is 1. The number of halogens is 4. The maximum Gasteiger partial charge on any atom is 0.416 e. The largest absolute Gasteiger partial charge is 0.456 e. The molecule has 0 aliphatic heterocycles. The smallest absolute Gasteiger partial charge is 0.416 e. The normalized spacial score (nSPS) is 11.2. The van der Waals surface area contributed by atoms with E-state index >= 15 is 0 Å². The molecule has 0 atom stereocenters. The van der Waals surface area contributed by atoms with Gasteiger partial charge in [-0.3, -0.25) is 14.9 Å². The zero-order valence-corrected chi connectivity index (χ0v) is 15.0. The third-order valence-corrected chi connectivity index (χ3v) is 3.72. The standard InChI is InChI=1S/C16H13ClF3N3O5/c1-27-8-15(24)22(21)13-7-10(3-4-12(13)23(25)26)28-14-5-2-9(6-11(14)17)16(18,19)20/h2-7H,8,21H2,1H3. The number of nitrogens with two attached hydrogens (primary N) is 1. The molecule has 0 bridgehead atoms. The number of hydrogen-bond acceptors (Lipinski definition) is 6. The van der Waals surface area contributed by atoms with E-state index in [-0.39, 0.29) is 22.2 Å². The maximum absolute atomic E-state index is 12.7. The van der Waals surface area contributed by atoms with Gasteiger partial charge < -0.3 is 9.47 Å². The molecule has 1 amide bonds. The number of hydrazine groups is 1. The first-order valence-corrected chi connectivity index (χ1v) is 7.82. The van der Waals surface area contributed by atoms with E-state index in [1.807, 2.05) is 0 Å². The number of rotatable bonds is 6. The lowest BCUT2D eigenvalue weighted by molar-refractivity contribution is -0.384. The van der Waals surface area contributed by atoms with Crippen LogP contribution in [-0.4, -0.2) is 24.5 Å². The molecule has 0 saturated carbocycles. The second kappa shape index (κ2) is 8.42. The van der Waals surface area contributed by atoms with Crippen LogP contribution in [0.2, 0.25) is 5.02 Å². The Labute approximate surface area is 161 Å². The van der Waals surface area contributed by atoms with Crippen molar-refractivity contribution in [3.63, 3.8) is 0 Å². The summed E-state index contributed by atoms with van der Waals surface area (Å²) in [5.41, 5.74) is -1.75. The highest BCUT2D eigenvalue weighted by atomic mass is 35.5. The minimum Gasteiger partial charge on any atom is -0.456 e. The van der Waals surface area contributed by atoms with Gasteiger partial charge in [0.25, 0.3) is 11.6 Å². The Balaban J connectivity index is 2.38. The number of ether oxygens (including phenoxy) is 2. The monoisotopic (exact) mass is 419 g/mol. The molecule has 2 aromatic carbocycles. The summed E-state index contributed by atoms with van der Waals surface area (Å²) in [5.74, 6) is 4.68. The number of anilines is 1. The summed E-state index contributed by atoms with van der Waals surface area (Å²) in [5, 5.41) is 11.4. The van der Waals surface area contributed by atoms with Gasteiger partial charge in [0.1, 0.15) is 23.8 Å². The first kappa shape index (κ1) is 21.4. The second-order valence-electron chi connectivity index (χ2n) is 5.35. The number of hydrogen-bond donors (Lipinski definition) is 1. The Bertz CT molecular complexity index is 908. The topological polar surface area (TPSA) is 108 Å². The van der Waals surface area contributed by atoms with Gasteiger partial charge in [-0.1, -0.05) is 11.6 Å². The average molecular weight is 420 g/mol. The molecule has 2 aromatic rings. The van der Waals surface area contributed by atoms with Gasteiger partial charge in [0, 0.05) is 19.2 Å². The van der Waals surface area contributed by atoms with Crippen LogP contribution in [0.1, 0.15) is 5.56 Å². The molecule has 2 N–H and O–H groups in total. The van der Waals surface area contributed by atoms with Crippen molar-refractivity contribution in [3.8, 4) is 11.5 Å². The molecule has 0 radical (unpaired) electrons. The highest BCUT2D eigenvalue weighted by Gasteiger charge is 2.31. The molecular weight excluding hydrogens is 407 g/mol. The Morgan fingerprint density at radius 2 is 1.96 bits per heavy atom. The zero-order valence-electron chi connectivity index (χ0n) is 14.2. The minimum atomic E-state index is -4.58. The number of carbonyl (C=O) groups is 1. The lowest BCUT2D eigenvalue weighted by atomic mass is 10.2. The van der Waals surface area contributed by atoms with Crippen LogP contribution in [0.4, 0.5) is 24.5 Å². The molecule has 8 nitrogen and oxygen atoms in total. The van der Waals surface area contributed by atoms with Crippen LogP contribution in [0.15, 0.2) is 36.4 Å². The fourth-order valence-corrected chi connectivity index (χ4v) is 2.35. The van der Waals surface area contributed by atoms with E-state index < -0.39 is 34.9 Å². The molecule has 150 valence electrons. The van der Waals surface area contributed by atoms with Gasteiger partial charge in [0.2, 0.25) is 0 Å². The van der Waals surface area contributed by atoms with E-state index in [0.717, 1.165) is 24.3 Å². The predicted octanol–water partition coefficient (Wildman–Crippen LogP) is 3.91. The van der Waals surface area contributed by atoms with Gasteiger partial charge in [0.15, 0.2) is 0 Å². The molecule has 0 spiro atoms. The van der Waals surface area contributed by atoms with E-state index in [4.69, 9.17) is 22.2 Å². The van der Waals surface area contributed by atoms with Crippen molar-refractivity contribution in [1.82, 2.24) is 0 Å². The fraction of sp³-hybridized carbons (Fsp3) is 0.188. The fourth-order valence-electron chi connectivity index (χ4n) is 2.13. The summed E-state index contributed by atoms with van der Waals surface area (Å²) in [7, 11) is 1.24. The van der Waals surface area contributed by atoms with Crippen molar-refractivity contribution in [1.29, 1.82) is 0 Å². The molecule has 0 saturated heterocycles. The number of benzene rings is 2. The number of carbonyl (C=O) groups excluding carboxylic acids is 1. The molecule has 0 fully saturated rings. The number of amides is 1. The molecule has 0 aliphatic rings. The molecule has 28 heavy (non-hydrogen) atoms. The van der Waals surface area contributed by atoms with E-state index in [2.05, 4.69) is 4.74 Å². The molecule has 2 rings (SSSR count). The van der Waals surface area contributed by atoms with Crippen LogP contribution in [-0.2, 0) is 15.7 Å². The van der Waals surface area contributed by atoms with Crippen LogP contribution in [0.5, 0.6) is 11.5 Å². The SMILES string of the molecule is COCC(=O)N(N)c1cc(Oc2ccc(C(F)(F)F)cc2Cl)ccc1[N+](=O)[O-]. The first-order chi connectivity index (χ1) is 13.0. The third kappa shape index (κ3) is 4.88. The number of nitrogens with zero attached hydrogens (tertiary/aromatic N) is 2. The summed E-state index contributed by atoms with van der Waals surface area (Å²) in [6.07, 6.45) is -4.58. The highest BCUT2D eigenvalue weighted by Crippen LogP contribution is 2.38. The predicted molar refractivity (Wildman–Crippen MR) is 93.2 cm³/mol. The second-order valence-corrected chi connectivity index (χ2v) is 5.76. The van der Waals surface area contributed by atoms with Crippen LogP contribution >= 0.6 is 11.6 Å². The van der Waals surface area contributed by atoms with Gasteiger partial charge >= 0.3 is 6.18 Å². The molecule has 0 aromatic heterocycles. The lowest BCUT2D eigenvalue weighted by Crippen LogP contribution is -2.40. The summed E-state index contributed by atoms with van der Waals surface area (Å²) in [6.45, 7) is -0.427. The van der Waals surface area contributed by atoms with Crippen molar-refractivity contribution < 1.29 is 32.4 Å². The van der Waals surface area contributed by atoms with Crippen LogP contribution in [0.25, 0.3) is 0 Å². The summed E-state index contributed by atoms with van der Waals surface area (Å²) in [6, 6.07) is 5.75. The van der Waals surface area contributed by atoms with Crippen LogP contribution in [0, 0.1) is 10.1 Å². The lowest BCUT2D eigenvalue weighted by Gasteiger charge is -2.17. The Kier molecular flexibility index (Phi) is 6.44. The number of nitro benzene ring substituents is 1. The van der Waals surface area contributed by atoms with Crippen molar-refractivity contribution in [2.24, 2.45) is 5.84 Å². The first-order valence-electron chi connectivity index (χ1n) is 7.44. The van der Waals surface area contributed by atoms with Crippen molar-refractivity contribution in [2.75, 3.05) is 18.7 Å². The Hall–Kier alpha value is -2.89. The van der Waals surface area contributed by atoms with Gasteiger partial charge in [-0.15, -0.1) is 0 Å². The molecular formula is C16H13ClF3N3O5. The molecule has 0 heterocycles. The summed E-state index contributed by atoms with van der Waals surface area (Å²) < 4.78 is 48.1. The molecule has 12 heteroatoms.